The largest absolute Gasteiger partial charge is 0.494 e. The minimum absolute atomic E-state index is 0.189. The number of hydrogen-bond donors (Lipinski definition) is 0. The van der Waals surface area contributed by atoms with Gasteiger partial charge in [-0.3, -0.25) is 4.90 Å². The molecule has 27 heavy (non-hydrogen) atoms. The lowest BCUT2D eigenvalue weighted by Crippen LogP contribution is -2.25. The lowest BCUT2D eigenvalue weighted by atomic mass is 10.3. The van der Waals surface area contributed by atoms with Crippen LogP contribution in [0.5, 0.6) is 5.75 Å². The van der Waals surface area contributed by atoms with E-state index in [-0.39, 0.29) is 11.4 Å². The van der Waals surface area contributed by atoms with Crippen molar-refractivity contribution in [3.8, 4) is 5.75 Å². The summed E-state index contributed by atoms with van der Waals surface area (Å²) in [6.07, 6.45) is 0.132. The minimum Gasteiger partial charge on any atom is -0.494 e. The summed E-state index contributed by atoms with van der Waals surface area (Å²) in [7, 11) is -1.50. The van der Waals surface area contributed by atoms with Crippen molar-refractivity contribution in [2.45, 2.75) is 30.6 Å². The van der Waals surface area contributed by atoms with Crippen molar-refractivity contribution in [3.05, 3.63) is 42.5 Å². The van der Waals surface area contributed by atoms with Crippen LogP contribution in [-0.2, 0) is 22.9 Å². The van der Waals surface area contributed by atoms with Gasteiger partial charge in [0.2, 0.25) is 0 Å². The van der Waals surface area contributed by atoms with Gasteiger partial charge in [-0.05, 0) is 31.7 Å². The Morgan fingerprint density at radius 2 is 2.04 bits per heavy atom. The molecule has 0 bridgehead atoms. The Morgan fingerprint density at radius 3 is 2.70 bits per heavy atom. The molecule has 0 unspecified atom stereocenters. The van der Waals surface area contributed by atoms with Gasteiger partial charge in [0.1, 0.15) is 18.1 Å². The second-order valence-electron chi connectivity index (χ2n) is 6.27. The summed E-state index contributed by atoms with van der Waals surface area (Å²) in [6.45, 7) is 0.168. The highest BCUT2D eigenvalue weighted by Crippen LogP contribution is 2.19. The maximum absolute atomic E-state index is 12.5. The van der Waals surface area contributed by atoms with Crippen molar-refractivity contribution in [3.63, 3.8) is 0 Å². The van der Waals surface area contributed by atoms with E-state index in [1.54, 1.807) is 19.2 Å². The number of benzene rings is 1. The molecule has 0 aliphatic carbocycles. The topological polar surface area (TPSA) is 64.4 Å². The second kappa shape index (κ2) is 8.75. The van der Waals surface area contributed by atoms with Crippen molar-refractivity contribution in [1.82, 2.24) is 14.5 Å². The van der Waals surface area contributed by atoms with Gasteiger partial charge in [-0.2, -0.15) is 13.2 Å². The van der Waals surface area contributed by atoms with E-state index < -0.39 is 22.6 Å². The van der Waals surface area contributed by atoms with Crippen LogP contribution < -0.4 is 4.74 Å². The van der Waals surface area contributed by atoms with E-state index in [9.17, 15) is 21.6 Å². The molecule has 0 aliphatic rings. The zero-order valence-electron chi connectivity index (χ0n) is 15.1. The first kappa shape index (κ1) is 21.2. The summed E-state index contributed by atoms with van der Waals surface area (Å²) in [6, 6.07) is 6.25. The lowest BCUT2D eigenvalue weighted by molar-refractivity contribution is -0.141. The number of alkyl halides is 3. The predicted octanol–water partition coefficient (Wildman–Crippen LogP) is 2.75. The summed E-state index contributed by atoms with van der Waals surface area (Å²) in [4.78, 5) is 6.02. The molecular weight excluding hydrogens is 383 g/mol. The summed E-state index contributed by atoms with van der Waals surface area (Å²) < 4.78 is 67.3. The first-order valence-corrected chi connectivity index (χ1v) is 10.1. The Labute approximate surface area is 156 Å². The standard InChI is InChI=1S/C17H22F3N3O3S/c1-22(12-16-21-7-9-23(16)13-17(18,19)20)8-4-10-26-14-5-3-6-15(11-14)27(2,24)25/h3,5-7,9,11H,4,8,10,12-13H2,1-2H3. The van der Waals surface area contributed by atoms with E-state index in [0.717, 1.165) is 10.8 Å². The van der Waals surface area contributed by atoms with Gasteiger partial charge in [-0.15, -0.1) is 0 Å². The third kappa shape index (κ3) is 7.22. The number of sulfone groups is 1. The molecule has 150 valence electrons. The van der Waals surface area contributed by atoms with Gasteiger partial charge in [0, 0.05) is 25.2 Å². The fourth-order valence-electron chi connectivity index (χ4n) is 2.47. The maximum Gasteiger partial charge on any atom is 0.406 e. The average molecular weight is 405 g/mol. The van der Waals surface area contributed by atoms with E-state index in [2.05, 4.69) is 4.98 Å². The van der Waals surface area contributed by atoms with Crippen LogP contribution in [0, 0.1) is 0 Å². The number of halogens is 3. The van der Waals surface area contributed by atoms with Crippen LogP contribution in [0.4, 0.5) is 13.2 Å². The number of aromatic nitrogens is 2. The van der Waals surface area contributed by atoms with Crippen molar-refractivity contribution < 1.29 is 26.3 Å². The molecule has 0 spiro atoms. The fraction of sp³-hybridized carbons (Fsp3) is 0.471. The van der Waals surface area contributed by atoms with Gasteiger partial charge >= 0.3 is 6.18 Å². The van der Waals surface area contributed by atoms with Crippen molar-refractivity contribution in [1.29, 1.82) is 0 Å². The number of hydrogen-bond acceptors (Lipinski definition) is 5. The molecule has 1 heterocycles. The van der Waals surface area contributed by atoms with Crippen molar-refractivity contribution in [2.75, 3.05) is 26.5 Å². The minimum atomic E-state index is -4.29. The number of ether oxygens (including phenoxy) is 1. The van der Waals surface area contributed by atoms with E-state index in [1.165, 1.54) is 24.5 Å². The molecule has 1 aromatic carbocycles. The van der Waals surface area contributed by atoms with Gasteiger partial charge in [-0.25, -0.2) is 13.4 Å². The van der Waals surface area contributed by atoms with Gasteiger partial charge in [-0.1, -0.05) is 6.07 Å². The first-order valence-electron chi connectivity index (χ1n) is 8.23. The van der Waals surface area contributed by atoms with Crippen LogP contribution in [0.15, 0.2) is 41.6 Å². The zero-order valence-corrected chi connectivity index (χ0v) is 15.9. The smallest absolute Gasteiger partial charge is 0.406 e. The average Bonchev–Trinajstić information content (AvgIpc) is 2.96. The quantitative estimate of drug-likeness (QED) is 0.601. The van der Waals surface area contributed by atoms with Crippen LogP contribution in [0.25, 0.3) is 0 Å². The monoisotopic (exact) mass is 405 g/mol. The molecular formula is C17H22F3N3O3S. The third-order valence-corrected chi connectivity index (χ3v) is 4.86. The molecule has 1 aromatic heterocycles. The second-order valence-corrected chi connectivity index (χ2v) is 8.29. The molecule has 2 aromatic rings. The summed E-state index contributed by atoms with van der Waals surface area (Å²) in [5.41, 5.74) is 0. The number of imidazole rings is 1. The molecule has 0 atom stereocenters. The van der Waals surface area contributed by atoms with Crippen molar-refractivity contribution in [2.24, 2.45) is 0 Å². The van der Waals surface area contributed by atoms with Crippen LogP contribution in [0.2, 0.25) is 0 Å². The lowest BCUT2D eigenvalue weighted by Gasteiger charge is -2.18. The Bertz CT molecular complexity index is 850. The van der Waals surface area contributed by atoms with Crippen LogP contribution in [0.3, 0.4) is 0 Å². The first-order chi connectivity index (χ1) is 12.5. The molecule has 10 heteroatoms. The van der Waals surface area contributed by atoms with Crippen molar-refractivity contribution >= 4 is 9.84 Å². The van der Waals surface area contributed by atoms with E-state index in [1.807, 2.05) is 4.90 Å². The molecule has 0 aliphatic heterocycles. The van der Waals surface area contributed by atoms with E-state index >= 15 is 0 Å². The highest BCUT2D eigenvalue weighted by Gasteiger charge is 2.28. The number of nitrogens with zero attached hydrogens (tertiary/aromatic N) is 3. The third-order valence-electron chi connectivity index (χ3n) is 3.75. The van der Waals surface area contributed by atoms with Gasteiger partial charge in [0.25, 0.3) is 0 Å². The maximum atomic E-state index is 12.5. The molecule has 0 saturated heterocycles. The molecule has 0 amide bonds. The molecule has 0 N–H and O–H groups in total. The molecule has 0 fully saturated rings. The zero-order chi connectivity index (χ0) is 20.1. The predicted molar refractivity (Wildman–Crippen MR) is 94.3 cm³/mol. The summed E-state index contributed by atoms with van der Waals surface area (Å²) in [5.74, 6) is 0.804. The molecule has 0 saturated carbocycles. The Hall–Kier alpha value is -2.07. The normalized spacial score (nSPS) is 12.5. The Kier molecular flexibility index (Phi) is 6.88. The summed E-state index contributed by atoms with van der Waals surface area (Å²) in [5, 5.41) is 0. The fourth-order valence-corrected chi connectivity index (χ4v) is 3.12. The van der Waals surface area contributed by atoms with Gasteiger partial charge < -0.3 is 9.30 Å². The van der Waals surface area contributed by atoms with Gasteiger partial charge in [0.15, 0.2) is 9.84 Å². The highest BCUT2D eigenvalue weighted by atomic mass is 32.2. The number of rotatable bonds is 9. The highest BCUT2D eigenvalue weighted by molar-refractivity contribution is 7.90. The van der Waals surface area contributed by atoms with Crippen LogP contribution >= 0.6 is 0 Å². The van der Waals surface area contributed by atoms with Crippen LogP contribution in [-0.4, -0.2) is 55.5 Å². The van der Waals surface area contributed by atoms with Gasteiger partial charge in [0.05, 0.1) is 18.0 Å². The van der Waals surface area contributed by atoms with Crippen LogP contribution in [0.1, 0.15) is 12.2 Å². The molecule has 6 nitrogen and oxygen atoms in total. The van der Waals surface area contributed by atoms with E-state index in [0.29, 0.717) is 31.1 Å². The Balaban J connectivity index is 1.79. The Morgan fingerprint density at radius 1 is 1.30 bits per heavy atom. The molecule has 0 radical (unpaired) electrons. The SMILES string of the molecule is CN(CCCOc1cccc(S(C)(=O)=O)c1)Cc1nccn1CC(F)(F)F. The van der Waals surface area contributed by atoms with E-state index in [4.69, 9.17) is 4.74 Å². The molecule has 2 rings (SSSR count). The summed E-state index contributed by atoms with van der Waals surface area (Å²) >= 11 is 0.